The van der Waals surface area contributed by atoms with E-state index in [4.69, 9.17) is 9.47 Å². The van der Waals surface area contributed by atoms with Crippen LogP contribution >= 0.6 is 23.1 Å². The zero-order valence-corrected chi connectivity index (χ0v) is 16.8. The minimum atomic E-state index is -0.356. The zero-order valence-electron chi connectivity index (χ0n) is 15.2. The maximum atomic E-state index is 12.5. The molecule has 0 aliphatic rings. The lowest BCUT2D eigenvalue weighted by molar-refractivity contribution is 0.101. The molecule has 28 heavy (non-hydrogen) atoms. The summed E-state index contributed by atoms with van der Waals surface area (Å²) in [6.07, 6.45) is 0. The van der Waals surface area contributed by atoms with E-state index in [9.17, 15) is 9.59 Å². The molecule has 1 amide bonds. The molecule has 0 bridgehead atoms. The van der Waals surface area contributed by atoms with E-state index >= 15 is 0 Å². The number of nitrogens with one attached hydrogen (secondary N) is 1. The molecule has 1 N–H and O–H groups in total. The van der Waals surface area contributed by atoms with Gasteiger partial charge in [0.25, 0.3) is 5.91 Å². The molecular formula is C19H17N3O4S2. The maximum Gasteiger partial charge on any atom is 0.257 e. The average molecular weight is 415 g/mol. The number of aromatic nitrogens is 2. The van der Waals surface area contributed by atoms with Gasteiger partial charge in [-0.2, -0.15) is 0 Å². The van der Waals surface area contributed by atoms with E-state index in [1.165, 1.54) is 37.3 Å². The quantitative estimate of drug-likeness (QED) is 0.340. The second-order valence-electron chi connectivity index (χ2n) is 5.51. The smallest absolute Gasteiger partial charge is 0.257 e. The van der Waals surface area contributed by atoms with Gasteiger partial charge >= 0.3 is 0 Å². The molecule has 1 heterocycles. The van der Waals surface area contributed by atoms with E-state index in [0.717, 1.165) is 0 Å². The van der Waals surface area contributed by atoms with E-state index in [1.54, 1.807) is 30.3 Å². The first kappa shape index (κ1) is 19.8. The van der Waals surface area contributed by atoms with Crippen LogP contribution < -0.4 is 14.8 Å². The van der Waals surface area contributed by atoms with Crippen molar-refractivity contribution >= 4 is 39.9 Å². The van der Waals surface area contributed by atoms with Gasteiger partial charge in [-0.25, -0.2) is 0 Å². The molecule has 0 radical (unpaired) electrons. The van der Waals surface area contributed by atoms with Gasteiger partial charge in [-0.05, 0) is 12.1 Å². The summed E-state index contributed by atoms with van der Waals surface area (Å²) in [4.78, 5) is 24.6. The average Bonchev–Trinajstić information content (AvgIpc) is 3.19. The fraction of sp³-hybridized carbons (Fsp3) is 0.158. The van der Waals surface area contributed by atoms with Gasteiger partial charge < -0.3 is 9.47 Å². The van der Waals surface area contributed by atoms with E-state index in [-0.39, 0.29) is 17.4 Å². The molecule has 7 nitrogen and oxygen atoms in total. The lowest BCUT2D eigenvalue weighted by Crippen LogP contribution is -2.12. The number of ketones is 1. The number of hydrogen-bond donors (Lipinski definition) is 1. The SMILES string of the molecule is COc1cc(OC)cc(C(=O)Nc2nnc(SCC(=O)c3ccccc3)s2)c1. The van der Waals surface area contributed by atoms with Crippen molar-refractivity contribution in [1.82, 2.24) is 10.2 Å². The van der Waals surface area contributed by atoms with Crippen LogP contribution in [0.2, 0.25) is 0 Å². The highest BCUT2D eigenvalue weighted by Gasteiger charge is 2.14. The highest BCUT2D eigenvalue weighted by Crippen LogP contribution is 2.27. The van der Waals surface area contributed by atoms with Crippen LogP contribution in [0.5, 0.6) is 11.5 Å². The third-order valence-electron chi connectivity index (χ3n) is 3.66. The number of amides is 1. The van der Waals surface area contributed by atoms with Crippen molar-refractivity contribution in [3.05, 3.63) is 59.7 Å². The minimum absolute atomic E-state index is 0.00913. The number of hydrogen-bond acceptors (Lipinski definition) is 8. The van der Waals surface area contributed by atoms with Crippen molar-refractivity contribution in [2.24, 2.45) is 0 Å². The number of carbonyl (C=O) groups is 2. The fourth-order valence-electron chi connectivity index (χ4n) is 2.26. The van der Waals surface area contributed by atoms with E-state index in [0.29, 0.717) is 32.1 Å². The molecule has 144 valence electrons. The lowest BCUT2D eigenvalue weighted by Gasteiger charge is -2.07. The van der Waals surface area contributed by atoms with Crippen molar-refractivity contribution in [3.63, 3.8) is 0 Å². The summed E-state index contributed by atoms with van der Waals surface area (Å²) in [6.45, 7) is 0. The van der Waals surface area contributed by atoms with Crippen LogP contribution in [-0.4, -0.2) is 41.9 Å². The molecule has 0 unspecified atom stereocenters. The van der Waals surface area contributed by atoms with E-state index < -0.39 is 0 Å². The molecule has 3 rings (SSSR count). The topological polar surface area (TPSA) is 90.4 Å². The molecule has 0 aliphatic carbocycles. The third kappa shape index (κ3) is 5.08. The van der Waals surface area contributed by atoms with Gasteiger partial charge in [0.15, 0.2) is 10.1 Å². The van der Waals surface area contributed by atoms with Crippen LogP contribution in [0, 0.1) is 0 Å². The number of carbonyl (C=O) groups excluding carboxylic acids is 2. The van der Waals surface area contributed by atoms with E-state index in [2.05, 4.69) is 15.5 Å². The first-order valence-electron chi connectivity index (χ1n) is 8.18. The number of rotatable bonds is 8. The van der Waals surface area contributed by atoms with Gasteiger partial charge in [-0.15, -0.1) is 10.2 Å². The van der Waals surface area contributed by atoms with Crippen LogP contribution in [0.15, 0.2) is 52.9 Å². The summed E-state index contributed by atoms with van der Waals surface area (Å²) in [5, 5.41) is 11.0. The van der Waals surface area contributed by atoms with Crippen molar-refractivity contribution in [1.29, 1.82) is 0 Å². The molecule has 1 aromatic heterocycles. The summed E-state index contributed by atoms with van der Waals surface area (Å²) in [7, 11) is 3.03. The largest absolute Gasteiger partial charge is 0.497 e. The Hall–Kier alpha value is -2.91. The first-order chi connectivity index (χ1) is 13.6. The molecule has 2 aromatic carbocycles. The predicted molar refractivity (Wildman–Crippen MR) is 109 cm³/mol. The van der Waals surface area contributed by atoms with Gasteiger partial charge in [0.1, 0.15) is 11.5 Å². The van der Waals surface area contributed by atoms with Gasteiger partial charge in [0, 0.05) is 17.2 Å². The number of Topliss-reactive ketones (excluding diaryl/α,β-unsaturated/α-hetero) is 1. The van der Waals surface area contributed by atoms with Crippen LogP contribution in [0.3, 0.4) is 0 Å². The molecular weight excluding hydrogens is 398 g/mol. The van der Waals surface area contributed by atoms with Crippen molar-refractivity contribution < 1.29 is 19.1 Å². The highest BCUT2D eigenvalue weighted by molar-refractivity contribution is 8.01. The van der Waals surface area contributed by atoms with Crippen molar-refractivity contribution in [2.75, 3.05) is 25.3 Å². The third-order valence-corrected chi connectivity index (χ3v) is 5.64. The summed E-state index contributed by atoms with van der Waals surface area (Å²) in [6, 6.07) is 13.9. The molecule has 0 atom stereocenters. The fourth-order valence-corrected chi connectivity index (χ4v) is 3.90. The van der Waals surface area contributed by atoms with Gasteiger partial charge in [0.2, 0.25) is 5.13 Å². The predicted octanol–water partition coefficient (Wildman–Crippen LogP) is 3.78. The number of anilines is 1. The first-order valence-corrected chi connectivity index (χ1v) is 9.98. The van der Waals surface area contributed by atoms with Crippen LogP contribution in [-0.2, 0) is 0 Å². The van der Waals surface area contributed by atoms with Crippen LogP contribution in [0.4, 0.5) is 5.13 Å². The standard InChI is InChI=1S/C19H17N3O4S2/c1-25-14-8-13(9-15(10-14)26-2)17(24)20-18-21-22-19(28-18)27-11-16(23)12-6-4-3-5-7-12/h3-10H,11H2,1-2H3,(H,20,21,24). The van der Waals surface area contributed by atoms with E-state index in [1.807, 2.05) is 18.2 Å². The highest BCUT2D eigenvalue weighted by atomic mass is 32.2. The molecule has 9 heteroatoms. The number of thioether (sulfide) groups is 1. The van der Waals surface area contributed by atoms with Crippen LogP contribution in [0.25, 0.3) is 0 Å². The summed E-state index contributed by atoms with van der Waals surface area (Å²) in [5.74, 6) is 0.926. The molecule has 0 saturated heterocycles. The maximum absolute atomic E-state index is 12.5. The Bertz CT molecular complexity index is 954. The summed E-state index contributed by atoms with van der Waals surface area (Å²) < 4.78 is 10.9. The lowest BCUT2D eigenvalue weighted by atomic mass is 10.2. The Morgan fingerprint density at radius 2 is 1.68 bits per heavy atom. The molecule has 0 spiro atoms. The summed E-state index contributed by atoms with van der Waals surface area (Å²) in [5.41, 5.74) is 1.03. The molecule has 3 aromatic rings. The number of ether oxygens (including phenoxy) is 2. The molecule has 0 saturated carbocycles. The second kappa shape index (κ2) is 9.34. The molecule has 0 aliphatic heterocycles. The Morgan fingerprint density at radius 3 is 2.32 bits per heavy atom. The Kier molecular flexibility index (Phi) is 6.62. The Balaban J connectivity index is 1.61. The Morgan fingerprint density at radius 1 is 1.00 bits per heavy atom. The van der Waals surface area contributed by atoms with Crippen molar-refractivity contribution in [3.8, 4) is 11.5 Å². The second-order valence-corrected chi connectivity index (χ2v) is 7.71. The normalized spacial score (nSPS) is 10.4. The minimum Gasteiger partial charge on any atom is -0.497 e. The van der Waals surface area contributed by atoms with Crippen LogP contribution in [0.1, 0.15) is 20.7 Å². The summed E-state index contributed by atoms with van der Waals surface area (Å²) >= 11 is 2.49. The number of nitrogens with zero attached hydrogens (tertiary/aromatic N) is 2. The number of methoxy groups -OCH3 is 2. The van der Waals surface area contributed by atoms with Gasteiger partial charge in [-0.1, -0.05) is 53.4 Å². The molecule has 0 fully saturated rings. The monoisotopic (exact) mass is 415 g/mol. The van der Waals surface area contributed by atoms with Gasteiger partial charge in [0.05, 0.1) is 20.0 Å². The Labute approximate surface area is 170 Å². The van der Waals surface area contributed by atoms with Gasteiger partial charge in [-0.3, -0.25) is 14.9 Å². The zero-order chi connectivity index (χ0) is 19.9. The van der Waals surface area contributed by atoms with Crippen molar-refractivity contribution in [2.45, 2.75) is 4.34 Å². The number of benzene rings is 2.